The minimum atomic E-state index is -1.30. The zero-order chi connectivity index (χ0) is 22.2. The van der Waals surface area contributed by atoms with E-state index in [4.69, 9.17) is 15.2 Å². The van der Waals surface area contributed by atoms with Crippen LogP contribution in [0.15, 0.2) is 59.4 Å². The summed E-state index contributed by atoms with van der Waals surface area (Å²) in [6.07, 6.45) is 0. The van der Waals surface area contributed by atoms with Crippen LogP contribution in [-0.4, -0.2) is 28.4 Å². The second-order valence-electron chi connectivity index (χ2n) is 7.49. The normalized spacial score (nSPS) is 12.5. The molecule has 2 amide bonds. The number of benzene rings is 2. The fourth-order valence-electron chi connectivity index (χ4n) is 3.12. The standard InChI is InChI=1S/C22H20N4O5/c1-22(2,21(29)24-15-6-3-13(4-7-15)20(23)28)26-19(27)10-8-16(25-26)14-5-9-17-18(11-14)31-12-30-17/h3-11H,12H2,1-2H3,(H2,23,28)(H,24,29). The smallest absolute Gasteiger partial charge is 0.267 e. The van der Waals surface area contributed by atoms with Crippen LogP contribution in [0.25, 0.3) is 11.3 Å². The van der Waals surface area contributed by atoms with Crippen molar-refractivity contribution in [1.82, 2.24) is 9.78 Å². The molecule has 0 saturated heterocycles. The van der Waals surface area contributed by atoms with E-state index in [1.54, 1.807) is 50.2 Å². The highest BCUT2D eigenvalue weighted by Gasteiger charge is 2.32. The highest BCUT2D eigenvalue weighted by molar-refractivity contribution is 5.97. The van der Waals surface area contributed by atoms with Gasteiger partial charge < -0.3 is 20.5 Å². The summed E-state index contributed by atoms with van der Waals surface area (Å²) >= 11 is 0. The first-order chi connectivity index (χ1) is 14.8. The second-order valence-corrected chi connectivity index (χ2v) is 7.49. The van der Waals surface area contributed by atoms with Crippen molar-refractivity contribution in [1.29, 1.82) is 0 Å². The van der Waals surface area contributed by atoms with Gasteiger partial charge in [-0.2, -0.15) is 5.10 Å². The molecule has 3 N–H and O–H groups in total. The van der Waals surface area contributed by atoms with Gasteiger partial charge in [0.25, 0.3) is 11.5 Å². The van der Waals surface area contributed by atoms with E-state index in [1.165, 1.54) is 18.2 Å². The van der Waals surface area contributed by atoms with Crippen LogP contribution in [0.1, 0.15) is 24.2 Å². The summed E-state index contributed by atoms with van der Waals surface area (Å²) in [5.74, 6) is 0.221. The van der Waals surface area contributed by atoms with Crippen molar-refractivity contribution in [2.75, 3.05) is 12.1 Å². The topological polar surface area (TPSA) is 126 Å². The number of hydrogen-bond donors (Lipinski definition) is 2. The van der Waals surface area contributed by atoms with E-state index in [0.29, 0.717) is 28.4 Å². The van der Waals surface area contributed by atoms with Crippen molar-refractivity contribution in [3.05, 3.63) is 70.5 Å². The van der Waals surface area contributed by atoms with E-state index in [9.17, 15) is 14.4 Å². The van der Waals surface area contributed by atoms with Crippen LogP contribution in [0.4, 0.5) is 5.69 Å². The molecule has 3 aromatic rings. The number of rotatable bonds is 5. The third-order valence-corrected chi connectivity index (χ3v) is 4.98. The maximum atomic E-state index is 13.0. The molecule has 1 aliphatic rings. The molecule has 31 heavy (non-hydrogen) atoms. The van der Waals surface area contributed by atoms with Gasteiger partial charge in [0.05, 0.1) is 5.69 Å². The van der Waals surface area contributed by atoms with Gasteiger partial charge in [0.1, 0.15) is 5.54 Å². The van der Waals surface area contributed by atoms with Crippen molar-refractivity contribution >= 4 is 17.5 Å². The lowest BCUT2D eigenvalue weighted by Gasteiger charge is -2.25. The van der Waals surface area contributed by atoms with Crippen LogP contribution in [0.2, 0.25) is 0 Å². The van der Waals surface area contributed by atoms with Gasteiger partial charge in [-0.25, -0.2) is 4.68 Å². The summed E-state index contributed by atoms with van der Waals surface area (Å²) in [7, 11) is 0. The molecule has 2 aromatic carbocycles. The summed E-state index contributed by atoms with van der Waals surface area (Å²) < 4.78 is 11.9. The molecule has 1 aromatic heterocycles. The van der Waals surface area contributed by atoms with Gasteiger partial charge in [0.2, 0.25) is 12.7 Å². The predicted octanol–water partition coefficient (Wildman–Crippen LogP) is 2.11. The van der Waals surface area contributed by atoms with Gasteiger partial charge in [-0.15, -0.1) is 0 Å². The van der Waals surface area contributed by atoms with E-state index in [-0.39, 0.29) is 6.79 Å². The number of nitrogens with zero attached hydrogens (tertiary/aromatic N) is 2. The second kappa shape index (κ2) is 7.60. The summed E-state index contributed by atoms with van der Waals surface area (Å²) in [6, 6.07) is 14.4. The SMILES string of the molecule is CC(C)(C(=O)Nc1ccc(C(N)=O)cc1)n1nc(-c2ccc3c(c2)OCO3)ccc1=O. The summed E-state index contributed by atoms with van der Waals surface area (Å²) in [4.78, 5) is 36.7. The Kier molecular flexibility index (Phi) is 4.94. The Labute approximate surface area is 177 Å². The molecule has 0 spiro atoms. The number of carbonyl (C=O) groups is 2. The molecule has 1 aliphatic heterocycles. The lowest BCUT2D eigenvalue weighted by atomic mass is 10.0. The fraction of sp³-hybridized carbons (Fsp3) is 0.182. The summed E-state index contributed by atoms with van der Waals surface area (Å²) in [5.41, 5.74) is 5.52. The van der Waals surface area contributed by atoms with E-state index < -0.39 is 22.9 Å². The van der Waals surface area contributed by atoms with Crippen LogP contribution >= 0.6 is 0 Å². The molecule has 0 fully saturated rings. The number of amides is 2. The largest absolute Gasteiger partial charge is 0.454 e. The molecular formula is C22H20N4O5. The Bertz CT molecular complexity index is 1230. The van der Waals surface area contributed by atoms with Crippen molar-refractivity contribution in [3.8, 4) is 22.8 Å². The summed E-state index contributed by atoms with van der Waals surface area (Å²) in [5, 5.41) is 7.17. The lowest BCUT2D eigenvalue weighted by Crippen LogP contribution is -2.47. The third-order valence-electron chi connectivity index (χ3n) is 4.98. The number of nitrogens with one attached hydrogen (secondary N) is 1. The van der Waals surface area contributed by atoms with E-state index in [1.807, 2.05) is 0 Å². The average molecular weight is 420 g/mol. The Hall–Kier alpha value is -4.14. The predicted molar refractivity (Wildman–Crippen MR) is 113 cm³/mol. The first kappa shape index (κ1) is 20.1. The minimum Gasteiger partial charge on any atom is -0.454 e. The number of fused-ring (bicyclic) bond motifs is 1. The quantitative estimate of drug-likeness (QED) is 0.651. The van der Waals surface area contributed by atoms with Crippen LogP contribution < -0.4 is 26.1 Å². The molecule has 158 valence electrons. The van der Waals surface area contributed by atoms with Crippen molar-refractivity contribution < 1.29 is 19.1 Å². The van der Waals surface area contributed by atoms with Crippen LogP contribution in [0.5, 0.6) is 11.5 Å². The first-order valence-corrected chi connectivity index (χ1v) is 9.48. The molecule has 9 heteroatoms. The van der Waals surface area contributed by atoms with Crippen molar-refractivity contribution in [2.24, 2.45) is 5.73 Å². The van der Waals surface area contributed by atoms with Crippen LogP contribution in [0, 0.1) is 0 Å². The number of aromatic nitrogens is 2. The van der Waals surface area contributed by atoms with Gasteiger partial charge in [0.15, 0.2) is 11.5 Å². The molecular weight excluding hydrogens is 400 g/mol. The number of carbonyl (C=O) groups excluding carboxylic acids is 2. The maximum Gasteiger partial charge on any atom is 0.267 e. The molecule has 2 heterocycles. The molecule has 0 unspecified atom stereocenters. The molecule has 0 aliphatic carbocycles. The average Bonchev–Trinajstić information content (AvgIpc) is 3.22. The number of primary amides is 1. The van der Waals surface area contributed by atoms with E-state index >= 15 is 0 Å². The molecule has 9 nitrogen and oxygen atoms in total. The lowest BCUT2D eigenvalue weighted by molar-refractivity contribution is -0.123. The zero-order valence-electron chi connectivity index (χ0n) is 16.9. The Morgan fingerprint density at radius 3 is 2.45 bits per heavy atom. The Balaban J connectivity index is 1.62. The Morgan fingerprint density at radius 2 is 1.74 bits per heavy atom. The zero-order valence-corrected chi connectivity index (χ0v) is 16.9. The Morgan fingerprint density at radius 1 is 1.03 bits per heavy atom. The van der Waals surface area contributed by atoms with Gasteiger partial charge in [-0.05, 0) is 62.4 Å². The van der Waals surface area contributed by atoms with Crippen molar-refractivity contribution in [2.45, 2.75) is 19.4 Å². The van der Waals surface area contributed by atoms with Crippen molar-refractivity contribution in [3.63, 3.8) is 0 Å². The minimum absolute atomic E-state index is 0.152. The third kappa shape index (κ3) is 3.85. The van der Waals surface area contributed by atoms with Gasteiger partial charge in [-0.1, -0.05) is 0 Å². The highest BCUT2D eigenvalue weighted by Crippen LogP contribution is 2.35. The van der Waals surface area contributed by atoms with Gasteiger partial charge in [-0.3, -0.25) is 14.4 Å². The first-order valence-electron chi connectivity index (χ1n) is 9.48. The van der Waals surface area contributed by atoms with E-state index in [2.05, 4.69) is 10.4 Å². The van der Waals surface area contributed by atoms with Crippen LogP contribution in [-0.2, 0) is 10.3 Å². The summed E-state index contributed by atoms with van der Waals surface area (Å²) in [6.45, 7) is 3.34. The molecule has 0 saturated carbocycles. The monoisotopic (exact) mass is 420 g/mol. The molecule has 0 radical (unpaired) electrons. The number of nitrogens with two attached hydrogens (primary N) is 1. The molecule has 0 bridgehead atoms. The fourth-order valence-corrected chi connectivity index (χ4v) is 3.12. The molecule has 0 atom stereocenters. The number of anilines is 1. The number of hydrogen-bond acceptors (Lipinski definition) is 6. The van der Waals surface area contributed by atoms with Crippen LogP contribution in [0.3, 0.4) is 0 Å². The van der Waals surface area contributed by atoms with Gasteiger partial charge in [0, 0.05) is 22.9 Å². The number of ether oxygens (including phenoxy) is 2. The van der Waals surface area contributed by atoms with Gasteiger partial charge >= 0.3 is 0 Å². The highest BCUT2D eigenvalue weighted by atomic mass is 16.7. The maximum absolute atomic E-state index is 13.0. The molecule has 4 rings (SSSR count). The van der Waals surface area contributed by atoms with E-state index in [0.717, 1.165) is 10.2 Å².